The van der Waals surface area contributed by atoms with Gasteiger partial charge in [-0.05, 0) is 64.3 Å². The van der Waals surface area contributed by atoms with Crippen molar-refractivity contribution in [1.29, 1.82) is 0 Å². The number of hydrogen-bond donors (Lipinski definition) is 0. The molecular formula is C28H35N3. The predicted octanol–water partition coefficient (Wildman–Crippen LogP) is 7.05. The molecule has 3 heteroatoms. The van der Waals surface area contributed by atoms with Crippen LogP contribution in [-0.4, -0.2) is 29.2 Å². The summed E-state index contributed by atoms with van der Waals surface area (Å²) >= 11 is 0. The molecule has 0 bridgehead atoms. The van der Waals surface area contributed by atoms with Gasteiger partial charge in [0.2, 0.25) is 0 Å². The minimum Gasteiger partial charge on any atom is -0.283 e. The fourth-order valence-corrected chi connectivity index (χ4v) is 3.95. The van der Waals surface area contributed by atoms with E-state index in [1.54, 1.807) is 6.08 Å². The molecule has 0 radical (unpaired) electrons. The van der Waals surface area contributed by atoms with Gasteiger partial charge in [0.05, 0.1) is 23.0 Å². The summed E-state index contributed by atoms with van der Waals surface area (Å²) in [6.45, 7) is 20.2. The van der Waals surface area contributed by atoms with Crippen molar-refractivity contribution >= 4 is 17.6 Å². The van der Waals surface area contributed by atoms with Crippen LogP contribution in [0.25, 0.3) is 0 Å². The summed E-state index contributed by atoms with van der Waals surface area (Å²) in [4.78, 5) is 14.5. The summed E-state index contributed by atoms with van der Waals surface area (Å²) in [5, 5.41) is 0. The van der Waals surface area contributed by atoms with E-state index in [4.69, 9.17) is 9.98 Å². The minimum absolute atomic E-state index is 0.146. The predicted molar refractivity (Wildman–Crippen MR) is 138 cm³/mol. The average Bonchev–Trinajstić information content (AvgIpc) is 2.77. The Morgan fingerprint density at radius 2 is 1.94 bits per heavy atom. The van der Waals surface area contributed by atoms with Crippen LogP contribution >= 0.6 is 0 Å². The van der Waals surface area contributed by atoms with Gasteiger partial charge in [-0.15, -0.1) is 0 Å². The number of nitrogens with zero attached hydrogens (tertiary/aromatic N) is 3. The van der Waals surface area contributed by atoms with E-state index in [2.05, 4.69) is 68.1 Å². The van der Waals surface area contributed by atoms with Gasteiger partial charge in [0.15, 0.2) is 0 Å². The number of fused-ring (bicyclic) bond motifs is 1. The Balaban J connectivity index is 2.46. The molecule has 1 aliphatic heterocycles. The van der Waals surface area contributed by atoms with Gasteiger partial charge in [0, 0.05) is 23.4 Å². The lowest BCUT2D eigenvalue weighted by Crippen LogP contribution is -2.29. The van der Waals surface area contributed by atoms with Crippen molar-refractivity contribution in [2.45, 2.75) is 58.0 Å². The summed E-state index contributed by atoms with van der Waals surface area (Å²) in [6, 6.07) is 8.31. The van der Waals surface area contributed by atoms with E-state index in [0.29, 0.717) is 0 Å². The summed E-state index contributed by atoms with van der Waals surface area (Å²) in [7, 11) is 0. The summed E-state index contributed by atoms with van der Waals surface area (Å²) < 4.78 is 0. The molecule has 1 aromatic rings. The second kappa shape index (κ2) is 11.4. The smallest absolute Gasteiger partial charge is 0.0989 e. The van der Waals surface area contributed by atoms with Crippen LogP contribution < -0.4 is 0 Å². The van der Waals surface area contributed by atoms with Crippen LogP contribution in [0.1, 0.15) is 57.6 Å². The third-order valence-corrected chi connectivity index (χ3v) is 5.58. The molecule has 0 saturated heterocycles. The van der Waals surface area contributed by atoms with Gasteiger partial charge in [-0.2, -0.15) is 0 Å². The van der Waals surface area contributed by atoms with E-state index in [1.165, 1.54) is 5.56 Å². The van der Waals surface area contributed by atoms with E-state index in [-0.39, 0.29) is 17.5 Å². The molecule has 1 aromatic carbocycles. The van der Waals surface area contributed by atoms with Gasteiger partial charge in [-0.3, -0.25) is 15.0 Å². The van der Waals surface area contributed by atoms with Crippen LogP contribution in [0.15, 0.2) is 101 Å². The van der Waals surface area contributed by atoms with Gasteiger partial charge in [0.25, 0.3) is 0 Å². The number of rotatable bonds is 10. The molecule has 2 rings (SSSR count). The summed E-state index contributed by atoms with van der Waals surface area (Å²) in [5.41, 5.74) is 4.62. The minimum atomic E-state index is -0.280. The van der Waals surface area contributed by atoms with Gasteiger partial charge >= 0.3 is 0 Å². The maximum absolute atomic E-state index is 5.02. The summed E-state index contributed by atoms with van der Waals surface area (Å²) in [5.74, 6) is 0.162. The molecule has 0 saturated carbocycles. The fraction of sp³-hybridized carbons (Fsp3) is 0.321. The second-order valence-corrected chi connectivity index (χ2v) is 8.01. The zero-order valence-corrected chi connectivity index (χ0v) is 19.4. The van der Waals surface area contributed by atoms with Gasteiger partial charge in [0.1, 0.15) is 0 Å². The molecule has 3 atom stereocenters. The summed E-state index contributed by atoms with van der Waals surface area (Å²) in [6.07, 6.45) is 15.4. The molecular weight excluding hydrogens is 378 g/mol. The van der Waals surface area contributed by atoms with E-state index in [0.717, 1.165) is 35.5 Å². The van der Waals surface area contributed by atoms with E-state index >= 15 is 0 Å². The monoisotopic (exact) mass is 413 g/mol. The molecule has 31 heavy (non-hydrogen) atoms. The van der Waals surface area contributed by atoms with E-state index < -0.39 is 0 Å². The standard InChI is InChI=1S/C28H35N3/c1-8-12-20-29-28(7,18-9-2)19-17-25-23-15-13-14-16-24(23)26(11-4)31-27(25)22(6)30-21(5)10-3/h8-16,18,20,25,27H,3-4,6,17,19H2,1-2,5,7H3/b12-8-,18-9-,29-20?,30-21?. The topological polar surface area (TPSA) is 37.1 Å². The van der Waals surface area contributed by atoms with E-state index in [9.17, 15) is 0 Å². The molecule has 162 valence electrons. The average molecular weight is 414 g/mol. The molecule has 0 amide bonds. The molecule has 0 fully saturated rings. The molecule has 3 nitrogen and oxygen atoms in total. The Labute approximate surface area is 188 Å². The number of aliphatic imine (C=N–C) groups is 3. The Morgan fingerprint density at radius 3 is 2.58 bits per heavy atom. The SMILES string of the molecule is C=CC(C)=NC(=C)C1N=C(C=C)c2ccccc2C1CCC(C)(/C=C\C)N=C/C=C\C. The van der Waals surface area contributed by atoms with Gasteiger partial charge in [-0.25, -0.2) is 0 Å². The van der Waals surface area contributed by atoms with Crippen LogP contribution in [0.2, 0.25) is 0 Å². The van der Waals surface area contributed by atoms with Crippen molar-refractivity contribution in [3.05, 3.63) is 97.3 Å². The zero-order chi connectivity index (χ0) is 22.9. The first-order chi connectivity index (χ1) is 14.9. The number of benzene rings is 1. The first-order valence-electron chi connectivity index (χ1n) is 10.9. The van der Waals surface area contributed by atoms with Crippen LogP contribution in [0.4, 0.5) is 0 Å². The third-order valence-electron chi connectivity index (χ3n) is 5.58. The highest BCUT2D eigenvalue weighted by Gasteiger charge is 2.33. The lowest BCUT2D eigenvalue weighted by Gasteiger charge is -2.33. The van der Waals surface area contributed by atoms with Crippen molar-refractivity contribution in [2.75, 3.05) is 0 Å². The quantitative estimate of drug-likeness (QED) is 0.291. The maximum Gasteiger partial charge on any atom is 0.0989 e. The first kappa shape index (κ1) is 24.2. The Kier molecular flexibility index (Phi) is 8.87. The van der Waals surface area contributed by atoms with E-state index in [1.807, 2.05) is 45.2 Å². The molecule has 0 aliphatic carbocycles. The lowest BCUT2D eigenvalue weighted by molar-refractivity contribution is 0.445. The third kappa shape index (κ3) is 6.21. The second-order valence-electron chi connectivity index (χ2n) is 8.01. The zero-order valence-electron chi connectivity index (χ0n) is 19.4. The van der Waals surface area contributed by atoms with Gasteiger partial charge in [-0.1, -0.05) is 62.2 Å². The fourth-order valence-electron chi connectivity index (χ4n) is 3.95. The van der Waals surface area contributed by atoms with Crippen LogP contribution in [-0.2, 0) is 0 Å². The lowest BCUT2D eigenvalue weighted by atomic mass is 9.78. The first-order valence-corrected chi connectivity index (χ1v) is 10.9. The van der Waals surface area contributed by atoms with Crippen molar-refractivity contribution in [2.24, 2.45) is 15.0 Å². The highest BCUT2D eigenvalue weighted by Crippen LogP contribution is 2.39. The van der Waals surface area contributed by atoms with Crippen LogP contribution in [0.3, 0.4) is 0 Å². The Hall–Kier alpha value is -3.07. The van der Waals surface area contributed by atoms with Crippen molar-refractivity contribution < 1.29 is 0 Å². The molecule has 0 spiro atoms. The normalized spacial score (nSPS) is 21.2. The van der Waals surface area contributed by atoms with Crippen LogP contribution in [0, 0.1) is 0 Å². The molecule has 3 unspecified atom stereocenters. The maximum atomic E-state index is 5.02. The van der Waals surface area contributed by atoms with Crippen molar-refractivity contribution in [1.82, 2.24) is 0 Å². The van der Waals surface area contributed by atoms with Gasteiger partial charge < -0.3 is 0 Å². The Morgan fingerprint density at radius 1 is 1.19 bits per heavy atom. The highest BCUT2D eigenvalue weighted by molar-refractivity contribution is 6.10. The highest BCUT2D eigenvalue weighted by atomic mass is 14.9. The largest absolute Gasteiger partial charge is 0.283 e. The Bertz CT molecular complexity index is 958. The number of hydrogen-bond acceptors (Lipinski definition) is 3. The van der Waals surface area contributed by atoms with Crippen molar-refractivity contribution in [3.63, 3.8) is 0 Å². The molecule has 1 aliphatic rings. The van der Waals surface area contributed by atoms with Crippen LogP contribution in [0.5, 0.6) is 0 Å². The molecule has 0 aromatic heterocycles. The van der Waals surface area contributed by atoms with Crippen molar-refractivity contribution in [3.8, 4) is 0 Å². The molecule has 0 N–H and O–H groups in total. The molecule has 1 heterocycles. The number of allylic oxidation sites excluding steroid dienone is 5.